The third-order valence-electron chi connectivity index (χ3n) is 2.48. The van der Waals surface area contributed by atoms with E-state index in [0.717, 1.165) is 16.7 Å². The Balaban J connectivity index is 2.39. The first kappa shape index (κ1) is 8.96. The molecule has 2 aromatic heterocycles. The Labute approximate surface area is 90.9 Å². The van der Waals surface area contributed by atoms with Crippen molar-refractivity contribution in [1.82, 2.24) is 19.5 Å². The van der Waals surface area contributed by atoms with Crippen LogP contribution >= 0.6 is 0 Å². The summed E-state index contributed by atoms with van der Waals surface area (Å²) in [5, 5.41) is 4.22. The highest BCUT2D eigenvalue weighted by Gasteiger charge is 2.07. The smallest absolute Gasteiger partial charge is 0.304 e. The fraction of sp³-hybridized carbons (Fsp3) is 0.0909. The molecule has 0 bridgehead atoms. The summed E-state index contributed by atoms with van der Waals surface area (Å²) in [4.78, 5) is 16.1. The number of fused-ring (bicyclic) bond motifs is 1. The lowest BCUT2D eigenvalue weighted by atomic mass is 10.3. The molecule has 0 radical (unpaired) electrons. The molecule has 80 valence electrons. The maximum Gasteiger partial charge on any atom is 0.347 e. The molecular weight excluding hydrogens is 204 g/mol. The van der Waals surface area contributed by atoms with Gasteiger partial charge in [-0.25, -0.2) is 4.79 Å². The molecule has 1 aromatic carbocycles. The number of nitrogens with zero attached hydrogens (tertiary/aromatic N) is 3. The highest BCUT2D eigenvalue weighted by atomic mass is 16.2. The minimum Gasteiger partial charge on any atom is -0.304 e. The number of imidazole rings is 1. The highest BCUT2D eigenvalue weighted by molar-refractivity contribution is 5.74. The van der Waals surface area contributed by atoms with Gasteiger partial charge in [0.15, 0.2) is 0 Å². The van der Waals surface area contributed by atoms with Crippen LogP contribution in [0.5, 0.6) is 0 Å². The van der Waals surface area contributed by atoms with Crippen LogP contribution in [0.15, 0.2) is 41.3 Å². The lowest BCUT2D eigenvalue weighted by molar-refractivity contribution is 0.567. The molecule has 16 heavy (non-hydrogen) atoms. The fourth-order valence-corrected chi connectivity index (χ4v) is 1.76. The van der Waals surface area contributed by atoms with E-state index in [-0.39, 0.29) is 5.69 Å². The Bertz CT molecular complexity index is 704. The zero-order chi connectivity index (χ0) is 11.1. The quantitative estimate of drug-likeness (QED) is 0.660. The summed E-state index contributed by atoms with van der Waals surface area (Å²) in [6, 6.07) is 9.38. The van der Waals surface area contributed by atoms with Crippen LogP contribution in [0, 0.1) is 6.92 Å². The Hall–Kier alpha value is -2.30. The van der Waals surface area contributed by atoms with Crippen LogP contribution in [0.2, 0.25) is 0 Å². The number of hydrogen-bond acceptors (Lipinski definition) is 2. The third-order valence-corrected chi connectivity index (χ3v) is 2.48. The molecule has 2 heterocycles. The molecule has 0 atom stereocenters. The number of rotatable bonds is 1. The second-order valence-corrected chi connectivity index (χ2v) is 3.64. The number of para-hydroxylation sites is 2. The Morgan fingerprint density at radius 2 is 2.06 bits per heavy atom. The average Bonchev–Trinajstić information content (AvgIpc) is 2.80. The molecule has 3 rings (SSSR count). The second kappa shape index (κ2) is 3.10. The summed E-state index contributed by atoms with van der Waals surface area (Å²) in [5.41, 5.74) is 2.30. The molecule has 1 N–H and O–H groups in total. The number of hydrogen-bond donors (Lipinski definition) is 1. The Kier molecular flexibility index (Phi) is 1.73. The molecular formula is C11H10N4O. The number of aromatic amines is 1. The summed E-state index contributed by atoms with van der Waals surface area (Å²) in [6.07, 6.45) is 1.76. The first-order valence-corrected chi connectivity index (χ1v) is 4.98. The first-order valence-electron chi connectivity index (χ1n) is 4.98. The average molecular weight is 214 g/mol. The van der Waals surface area contributed by atoms with E-state index >= 15 is 0 Å². The second-order valence-electron chi connectivity index (χ2n) is 3.64. The predicted molar refractivity (Wildman–Crippen MR) is 60.3 cm³/mol. The molecule has 5 heteroatoms. The summed E-state index contributed by atoms with van der Waals surface area (Å²) in [5.74, 6) is 0. The van der Waals surface area contributed by atoms with Crippen molar-refractivity contribution in [3.63, 3.8) is 0 Å². The molecule has 3 aromatic rings. The molecule has 0 amide bonds. The van der Waals surface area contributed by atoms with Crippen LogP contribution in [-0.2, 0) is 0 Å². The van der Waals surface area contributed by atoms with Crippen molar-refractivity contribution in [3.05, 3.63) is 52.7 Å². The molecule has 0 aliphatic carbocycles. The number of H-pyrrole nitrogens is 1. The van der Waals surface area contributed by atoms with Crippen molar-refractivity contribution in [2.45, 2.75) is 6.92 Å². The van der Waals surface area contributed by atoms with Crippen LogP contribution in [0.25, 0.3) is 11.0 Å². The number of nitrogens with one attached hydrogen (secondary N) is 1. The van der Waals surface area contributed by atoms with E-state index in [0.29, 0.717) is 0 Å². The third kappa shape index (κ3) is 1.18. The normalized spacial score (nSPS) is 11.1. The van der Waals surface area contributed by atoms with E-state index in [1.54, 1.807) is 6.20 Å². The van der Waals surface area contributed by atoms with E-state index in [9.17, 15) is 4.79 Å². The van der Waals surface area contributed by atoms with Crippen LogP contribution in [0.3, 0.4) is 0 Å². The standard InChI is InChI=1S/C11H10N4O/c1-8-6-7-14(13-8)15-10-5-3-2-4-9(10)12-11(15)16/h2-7H,1H3,(H,12,16). The van der Waals surface area contributed by atoms with Gasteiger partial charge in [0.05, 0.1) is 16.7 Å². The lowest BCUT2D eigenvalue weighted by Gasteiger charge is -2.01. The summed E-state index contributed by atoms with van der Waals surface area (Å²) in [6.45, 7) is 1.89. The first-order chi connectivity index (χ1) is 7.75. The van der Waals surface area contributed by atoms with Gasteiger partial charge in [-0.3, -0.25) is 0 Å². The molecule has 0 fully saturated rings. The molecule has 0 aliphatic rings. The van der Waals surface area contributed by atoms with Gasteiger partial charge in [-0.1, -0.05) is 12.1 Å². The van der Waals surface area contributed by atoms with Crippen molar-refractivity contribution >= 4 is 11.0 Å². The Morgan fingerprint density at radius 1 is 1.25 bits per heavy atom. The lowest BCUT2D eigenvalue weighted by Crippen LogP contribution is -2.23. The molecule has 0 saturated heterocycles. The predicted octanol–water partition coefficient (Wildman–Crippen LogP) is 1.15. The van der Waals surface area contributed by atoms with Gasteiger partial charge in [-0.15, -0.1) is 0 Å². The van der Waals surface area contributed by atoms with Gasteiger partial charge in [0.2, 0.25) is 0 Å². The van der Waals surface area contributed by atoms with Crippen LogP contribution in [0.1, 0.15) is 5.69 Å². The summed E-state index contributed by atoms with van der Waals surface area (Å²) >= 11 is 0. The van der Waals surface area contributed by atoms with E-state index < -0.39 is 0 Å². The monoisotopic (exact) mass is 214 g/mol. The van der Waals surface area contributed by atoms with E-state index in [2.05, 4.69) is 10.1 Å². The van der Waals surface area contributed by atoms with Gasteiger partial charge < -0.3 is 4.98 Å². The highest BCUT2D eigenvalue weighted by Crippen LogP contribution is 2.08. The van der Waals surface area contributed by atoms with Gasteiger partial charge in [0.25, 0.3) is 0 Å². The number of benzene rings is 1. The van der Waals surface area contributed by atoms with Crippen molar-refractivity contribution in [2.24, 2.45) is 0 Å². The number of aromatic nitrogens is 4. The summed E-state index contributed by atoms with van der Waals surface area (Å²) in [7, 11) is 0. The minimum absolute atomic E-state index is 0.190. The van der Waals surface area contributed by atoms with Gasteiger partial charge in [-0.05, 0) is 25.1 Å². The SMILES string of the molecule is Cc1ccn(-n2c(=O)[nH]c3ccccc32)n1. The van der Waals surface area contributed by atoms with Crippen molar-refractivity contribution in [3.8, 4) is 0 Å². The molecule has 0 spiro atoms. The zero-order valence-corrected chi connectivity index (χ0v) is 8.71. The van der Waals surface area contributed by atoms with Crippen LogP contribution < -0.4 is 5.69 Å². The van der Waals surface area contributed by atoms with Gasteiger partial charge >= 0.3 is 5.69 Å². The zero-order valence-electron chi connectivity index (χ0n) is 8.71. The van der Waals surface area contributed by atoms with Gasteiger partial charge in [0.1, 0.15) is 0 Å². The van der Waals surface area contributed by atoms with Crippen molar-refractivity contribution in [2.75, 3.05) is 0 Å². The summed E-state index contributed by atoms with van der Waals surface area (Å²) < 4.78 is 1.50. The Morgan fingerprint density at radius 3 is 2.81 bits per heavy atom. The van der Waals surface area contributed by atoms with Crippen molar-refractivity contribution in [1.29, 1.82) is 0 Å². The molecule has 0 aliphatic heterocycles. The fourth-order valence-electron chi connectivity index (χ4n) is 1.76. The molecule has 0 saturated carbocycles. The largest absolute Gasteiger partial charge is 0.347 e. The van der Waals surface area contributed by atoms with Gasteiger partial charge in [0, 0.05) is 6.20 Å². The minimum atomic E-state index is -0.190. The molecule has 5 nitrogen and oxygen atoms in total. The topological polar surface area (TPSA) is 55.6 Å². The van der Waals surface area contributed by atoms with Crippen LogP contribution in [0.4, 0.5) is 0 Å². The molecule has 0 unspecified atom stereocenters. The van der Waals surface area contributed by atoms with E-state index in [1.165, 1.54) is 9.47 Å². The van der Waals surface area contributed by atoms with Crippen LogP contribution in [-0.4, -0.2) is 19.5 Å². The van der Waals surface area contributed by atoms with Crippen molar-refractivity contribution < 1.29 is 0 Å². The maximum absolute atomic E-state index is 11.8. The number of aryl methyl sites for hydroxylation is 1. The van der Waals surface area contributed by atoms with Gasteiger partial charge in [-0.2, -0.15) is 14.6 Å². The van der Waals surface area contributed by atoms with E-state index in [4.69, 9.17) is 0 Å². The maximum atomic E-state index is 11.8. The van der Waals surface area contributed by atoms with E-state index in [1.807, 2.05) is 37.3 Å².